The predicted octanol–water partition coefficient (Wildman–Crippen LogP) is 3.42. The first-order valence-corrected chi connectivity index (χ1v) is 10.4. The summed E-state index contributed by atoms with van der Waals surface area (Å²) in [6.07, 6.45) is 6.01. The second kappa shape index (κ2) is 8.35. The number of aromatic nitrogens is 2. The molecule has 1 saturated carbocycles. The molecule has 1 aliphatic rings. The van der Waals surface area contributed by atoms with Crippen molar-refractivity contribution in [2.45, 2.75) is 50.0 Å². The van der Waals surface area contributed by atoms with Gasteiger partial charge < -0.3 is 10.1 Å². The van der Waals surface area contributed by atoms with Crippen LogP contribution in [0.1, 0.15) is 39.0 Å². The number of hydrogen-bond acceptors (Lipinski definition) is 6. The van der Waals surface area contributed by atoms with E-state index in [-0.39, 0.29) is 10.7 Å². The van der Waals surface area contributed by atoms with Crippen LogP contribution in [0.2, 0.25) is 0 Å². The Bertz CT molecular complexity index is 801. The van der Waals surface area contributed by atoms with Crippen molar-refractivity contribution in [3.8, 4) is 5.75 Å². The zero-order valence-corrected chi connectivity index (χ0v) is 15.6. The number of benzene rings is 1. The maximum Gasteiger partial charge on any atom is 0.263 e. The van der Waals surface area contributed by atoms with Gasteiger partial charge in [0.2, 0.25) is 0 Å². The second-order valence-electron chi connectivity index (χ2n) is 6.29. The highest BCUT2D eigenvalue weighted by Gasteiger charge is 2.16. The SMILES string of the molecule is CCOc1ccc(S(=O)(=O)Nc2ccc(NC3CCCCC3)nn2)cc1. The summed E-state index contributed by atoms with van der Waals surface area (Å²) in [5.74, 6) is 1.48. The van der Waals surface area contributed by atoms with Crippen LogP contribution in [0.5, 0.6) is 5.75 Å². The van der Waals surface area contributed by atoms with Crippen molar-refractivity contribution in [1.82, 2.24) is 10.2 Å². The normalized spacial score (nSPS) is 15.4. The molecule has 0 atom stereocenters. The molecule has 140 valence electrons. The lowest BCUT2D eigenvalue weighted by molar-refractivity contribution is 0.340. The van der Waals surface area contributed by atoms with Crippen LogP contribution < -0.4 is 14.8 Å². The molecule has 1 aromatic heterocycles. The minimum absolute atomic E-state index is 0.146. The number of ether oxygens (including phenoxy) is 1. The highest BCUT2D eigenvalue weighted by Crippen LogP contribution is 2.22. The van der Waals surface area contributed by atoms with Crippen LogP contribution in [0.3, 0.4) is 0 Å². The van der Waals surface area contributed by atoms with E-state index in [0.717, 1.165) is 12.8 Å². The Morgan fingerprint density at radius 1 is 1.00 bits per heavy atom. The summed E-state index contributed by atoms with van der Waals surface area (Å²) in [6, 6.07) is 10.0. The number of nitrogens with one attached hydrogen (secondary N) is 2. The van der Waals surface area contributed by atoms with E-state index in [1.165, 1.54) is 31.4 Å². The molecule has 2 aromatic rings. The maximum atomic E-state index is 12.4. The first-order valence-electron chi connectivity index (χ1n) is 8.93. The van der Waals surface area contributed by atoms with E-state index < -0.39 is 10.0 Å². The lowest BCUT2D eigenvalue weighted by Crippen LogP contribution is -2.23. The molecule has 0 saturated heterocycles. The Labute approximate surface area is 154 Å². The van der Waals surface area contributed by atoms with Crippen LogP contribution in [0.25, 0.3) is 0 Å². The van der Waals surface area contributed by atoms with E-state index in [1.54, 1.807) is 24.3 Å². The van der Waals surface area contributed by atoms with Gasteiger partial charge in [-0.2, -0.15) is 0 Å². The van der Waals surface area contributed by atoms with Gasteiger partial charge in [0.05, 0.1) is 11.5 Å². The monoisotopic (exact) mass is 376 g/mol. The number of nitrogens with zero attached hydrogens (tertiary/aromatic N) is 2. The van der Waals surface area contributed by atoms with Gasteiger partial charge in [0, 0.05) is 6.04 Å². The highest BCUT2D eigenvalue weighted by atomic mass is 32.2. The van der Waals surface area contributed by atoms with E-state index in [0.29, 0.717) is 24.2 Å². The van der Waals surface area contributed by atoms with Gasteiger partial charge >= 0.3 is 0 Å². The molecule has 7 nitrogen and oxygen atoms in total. The molecule has 0 radical (unpaired) electrons. The number of sulfonamides is 1. The molecule has 1 fully saturated rings. The molecule has 2 N–H and O–H groups in total. The number of rotatable bonds is 7. The number of anilines is 2. The Morgan fingerprint density at radius 3 is 2.27 bits per heavy atom. The molecule has 0 amide bonds. The average molecular weight is 376 g/mol. The molecule has 0 unspecified atom stereocenters. The summed E-state index contributed by atoms with van der Waals surface area (Å²) in [6.45, 7) is 2.40. The van der Waals surface area contributed by atoms with Crippen LogP contribution in [-0.2, 0) is 10.0 Å². The molecule has 0 aliphatic heterocycles. The van der Waals surface area contributed by atoms with Crippen molar-refractivity contribution < 1.29 is 13.2 Å². The average Bonchev–Trinajstić information content (AvgIpc) is 2.65. The molecule has 1 aromatic carbocycles. The lowest BCUT2D eigenvalue weighted by atomic mass is 9.95. The van der Waals surface area contributed by atoms with E-state index in [1.807, 2.05) is 6.92 Å². The molecule has 3 rings (SSSR count). The van der Waals surface area contributed by atoms with Crippen molar-refractivity contribution in [3.05, 3.63) is 36.4 Å². The first-order chi connectivity index (χ1) is 12.6. The smallest absolute Gasteiger partial charge is 0.263 e. The van der Waals surface area contributed by atoms with E-state index in [4.69, 9.17) is 4.74 Å². The zero-order valence-electron chi connectivity index (χ0n) is 14.8. The fraction of sp³-hybridized carbons (Fsp3) is 0.444. The largest absolute Gasteiger partial charge is 0.494 e. The molecular formula is C18H24N4O3S. The third-order valence-corrected chi connectivity index (χ3v) is 5.68. The fourth-order valence-corrected chi connectivity index (χ4v) is 3.99. The molecule has 0 spiro atoms. The molecule has 1 aliphatic carbocycles. The van der Waals surface area contributed by atoms with Gasteiger partial charge in [0.15, 0.2) is 5.82 Å². The van der Waals surface area contributed by atoms with E-state index >= 15 is 0 Å². The Balaban J connectivity index is 1.63. The van der Waals surface area contributed by atoms with E-state index in [2.05, 4.69) is 20.2 Å². The predicted molar refractivity (Wildman–Crippen MR) is 101 cm³/mol. The van der Waals surface area contributed by atoms with Crippen molar-refractivity contribution in [1.29, 1.82) is 0 Å². The summed E-state index contributed by atoms with van der Waals surface area (Å²) in [7, 11) is -3.71. The van der Waals surface area contributed by atoms with Gasteiger partial charge in [-0.05, 0) is 56.2 Å². The molecule has 8 heteroatoms. The maximum absolute atomic E-state index is 12.4. The first kappa shape index (κ1) is 18.4. The van der Waals surface area contributed by atoms with Crippen LogP contribution in [0.15, 0.2) is 41.3 Å². The number of hydrogen-bond donors (Lipinski definition) is 2. The van der Waals surface area contributed by atoms with Gasteiger partial charge in [-0.15, -0.1) is 10.2 Å². The standard InChI is InChI=1S/C18H24N4O3S/c1-2-25-15-8-10-16(11-9-15)26(23,24)22-18-13-12-17(20-21-18)19-14-6-4-3-5-7-14/h8-14H,2-7H2,1H3,(H,19,20)(H,21,22). The van der Waals surface area contributed by atoms with Gasteiger partial charge in [-0.1, -0.05) is 19.3 Å². The highest BCUT2D eigenvalue weighted by molar-refractivity contribution is 7.92. The van der Waals surface area contributed by atoms with Crippen LogP contribution >= 0.6 is 0 Å². The van der Waals surface area contributed by atoms with Crippen molar-refractivity contribution >= 4 is 21.7 Å². The fourth-order valence-electron chi connectivity index (χ4n) is 3.00. The summed E-state index contributed by atoms with van der Waals surface area (Å²) in [4.78, 5) is 0.146. The molecular weight excluding hydrogens is 352 g/mol. The summed E-state index contributed by atoms with van der Waals surface area (Å²) >= 11 is 0. The third-order valence-electron chi connectivity index (χ3n) is 4.31. The van der Waals surface area contributed by atoms with Crippen molar-refractivity contribution in [2.24, 2.45) is 0 Å². The van der Waals surface area contributed by atoms with E-state index in [9.17, 15) is 8.42 Å². The van der Waals surface area contributed by atoms with Crippen molar-refractivity contribution in [3.63, 3.8) is 0 Å². The quantitative estimate of drug-likeness (QED) is 0.769. The molecule has 0 bridgehead atoms. The van der Waals surface area contributed by atoms with Gasteiger partial charge in [-0.25, -0.2) is 8.42 Å². The lowest BCUT2D eigenvalue weighted by Gasteiger charge is -2.22. The topological polar surface area (TPSA) is 93.2 Å². The van der Waals surface area contributed by atoms with Gasteiger partial charge in [0.1, 0.15) is 11.6 Å². The molecule has 1 heterocycles. The van der Waals surface area contributed by atoms with Crippen LogP contribution in [0.4, 0.5) is 11.6 Å². The summed E-state index contributed by atoms with van der Waals surface area (Å²) < 4.78 is 32.6. The Kier molecular flexibility index (Phi) is 5.92. The zero-order chi connectivity index (χ0) is 18.4. The summed E-state index contributed by atoms with van der Waals surface area (Å²) in [5, 5.41) is 11.4. The minimum atomic E-state index is -3.71. The van der Waals surface area contributed by atoms with Crippen LogP contribution in [-0.4, -0.2) is 31.3 Å². The molecule has 26 heavy (non-hydrogen) atoms. The van der Waals surface area contributed by atoms with Gasteiger partial charge in [0.25, 0.3) is 10.0 Å². The third kappa shape index (κ3) is 4.85. The van der Waals surface area contributed by atoms with Gasteiger partial charge in [-0.3, -0.25) is 4.72 Å². The van der Waals surface area contributed by atoms with Crippen LogP contribution in [0, 0.1) is 0 Å². The summed E-state index contributed by atoms with van der Waals surface area (Å²) in [5.41, 5.74) is 0. The Morgan fingerprint density at radius 2 is 1.65 bits per heavy atom. The Hall–Kier alpha value is -2.35. The van der Waals surface area contributed by atoms with Crippen molar-refractivity contribution in [2.75, 3.05) is 16.6 Å². The second-order valence-corrected chi connectivity index (χ2v) is 7.98. The minimum Gasteiger partial charge on any atom is -0.494 e.